The van der Waals surface area contributed by atoms with Gasteiger partial charge >= 0.3 is 0 Å². The SMILES string of the molecule is N#CC1=C(c2ccccc2)NC2=C(CC(c3ccccc3)c3ccc(-c4ccccc4)nc32)C1c1cccc(C2C(C#N)=C(c3ccccc3)NC3=C2CCc2c(-c4ccccc4)cc(-c4ccccc4)nc23)c1. The van der Waals surface area contributed by atoms with Gasteiger partial charge in [-0.3, -0.25) is 0 Å². The molecule has 4 heterocycles. The number of allylic oxidation sites excluding steroid dienone is 4. The molecular formula is C68H48N6. The van der Waals surface area contributed by atoms with Crippen molar-refractivity contribution in [2.45, 2.75) is 37.0 Å². The molecule has 6 heteroatoms. The van der Waals surface area contributed by atoms with Crippen molar-refractivity contribution in [1.29, 1.82) is 10.5 Å². The lowest BCUT2D eigenvalue weighted by molar-refractivity contribution is 0.707. The lowest BCUT2D eigenvalue weighted by atomic mass is 9.69. The van der Waals surface area contributed by atoms with Crippen LogP contribution in [0.4, 0.5) is 0 Å². The van der Waals surface area contributed by atoms with Crippen molar-refractivity contribution in [3.05, 3.63) is 297 Å². The molecule has 0 saturated carbocycles. The summed E-state index contributed by atoms with van der Waals surface area (Å²) in [5, 5.41) is 30.9. The zero-order chi connectivity index (χ0) is 49.5. The monoisotopic (exact) mass is 948 g/mol. The first-order chi connectivity index (χ1) is 36.6. The Morgan fingerprint density at radius 3 is 1.41 bits per heavy atom. The molecule has 2 aliphatic carbocycles. The molecule has 0 fully saturated rings. The van der Waals surface area contributed by atoms with Gasteiger partial charge in [0, 0.05) is 28.9 Å². The Bertz CT molecular complexity index is 3860. The van der Waals surface area contributed by atoms with Gasteiger partial charge in [-0.05, 0) is 92.6 Å². The number of dihydropyridines is 2. The van der Waals surface area contributed by atoms with Gasteiger partial charge in [0.1, 0.15) is 0 Å². The molecule has 2 aromatic heterocycles. The van der Waals surface area contributed by atoms with E-state index in [0.29, 0.717) is 17.6 Å². The van der Waals surface area contributed by atoms with Crippen molar-refractivity contribution < 1.29 is 0 Å². The molecule has 6 nitrogen and oxygen atoms in total. The van der Waals surface area contributed by atoms with Crippen LogP contribution in [0, 0.1) is 22.7 Å². The van der Waals surface area contributed by atoms with Crippen LogP contribution in [0.2, 0.25) is 0 Å². The van der Waals surface area contributed by atoms with Gasteiger partial charge in [-0.1, -0.05) is 212 Å². The zero-order valence-corrected chi connectivity index (χ0v) is 40.5. The highest BCUT2D eigenvalue weighted by molar-refractivity contribution is 5.92. The van der Waals surface area contributed by atoms with E-state index in [1.807, 2.05) is 48.5 Å². The van der Waals surface area contributed by atoms with Crippen molar-refractivity contribution in [3.8, 4) is 45.8 Å². The molecule has 0 radical (unpaired) electrons. The number of aromatic nitrogens is 2. The van der Waals surface area contributed by atoms with E-state index in [1.165, 1.54) is 11.1 Å². The molecule has 2 N–H and O–H groups in total. The van der Waals surface area contributed by atoms with Crippen LogP contribution >= 0.6 is 0 Å². The molecule has 350 valence electrons. The number of benzene rings is 7. The molecule has 74 heavy (non-hydrogen) atoms. The molecule has 13 rings (SSSR count). The second-order valence-corrected chi connectivity index (χ2v) is 19.4. The van der Waals surface area contributed by atoms with Crippen LogP contribution in [-0.2, 0) is 6.42 Å². The molecule has 0 bridgehead atoms. The van der Waals surface area contributed by atoms with Gasteiger partial charge in [0.15, 0.2) is 0 Å². The number of nitriles is 2. The lowest BCUT2D eigenvalue weighted by Gasteiger charge is -2.39. The summed E-state index contributed by atoms with van der Waals surface area (Å²) in [6.45, 7) is 0. The standard InChI is InChI=1S/C68H48N6/c69-41-57-61(53-35-34-51-55(44-22-9-2-10-23-44)40-60(46-26-13-4-14-27-46)72-65(51)67(53)73-63(57)47-28-15-5-16-29-47)49-32-19-33-50(38-49)62-56-39-54(43-20-7-1-8-21-43)52-36-37-59(45-24-11-3-12-25-45)71-66(52)68(56)74-64(58(62)42-70)48-30-17-6-18-31-48/h1-33,36-38,40,54,61-62,73-74H,34-35,39H2. The van der Waals surface area contributed by atoms with Crippen molar-refractivity contribution in [3.63, 3.8) is 0 Å². The van der Waals surface area contributed by atoms with E-state index in [-0.39, 0.29) is 5.92 Å². The Morgan fingerprint density at radius 2 is 0.851 bits per heavy atom. The predicted molar refractivity (Wildman–Crippen MR) is 296 cm³/mol. The Balaban J connectivity index is 1.03. The molecule has 0 amide bonds. The van der Waals surface area contributed by atoms with Gasteiger partial charge in [0.25, 0.3) is 0 Å². The van der Waals surface area contributed by atoms with Gasteiger partial charge in [0.2, 0.25) is 0 Å². The van der Waals surface area contributed by atoms with Crippen molar-refractivity contribution >= 4 is 22.8 Å². The second-order valence-electron chi connectivity index (χ2n) is 19.4. The fourth-order valence-electron chi connectivity index (χ4n) is 11.9. The summed E-state index contributed by atoms with van der Waals surface area (Å²) in [4.78, 5) is 11.1. The Morgan fingerprint density at radius 1 is 0.392 bits per heavy atom. The number of nitrogens with zero attached hydrogens (tertiary/aromatic N) is 4. The zero-order valence-electron chi connectivity index (χ0n) is 40.5. The third-order valence-corrected chi connectivity index (χ3v) is 15.3. The van der Waals surface area contributed by atoms with Gasteiger partial charge in [0.05, 0.1) is 68.8 Å². The van der Waals surface area contributed by atoms with Crippen molar-refractivity contribution in [1.82, 2.24) is 20.6 Å². The fraction of sp³-hybridized carbons (Fsp3) is 0.0882. The number of nitrogens with one attached hydrogen (secondary N) is 2. The Hall–Kier alpha value is -9.62. The van der Waals surface area contributed by atoms with Crippen LogP contribution in [0.1, 0.15) is 80.9 Å². The first kappa shape index (κ1) is 44.3. The highest BCUT2D eigenvalue weighted by atomic mass is 15.0. The molecule has 9 aromatic rings. The maximum Gasteiger partial charge on any atom is 0.0979 e. The molecule has 7 aromatic carbocycles. The minimum absolute atomic E-state index is 0.0111. The second kappa shape index (κ2) is 18.9. The first-order valence-electron chi connectivity index (χ1n) is 25.4. The van der Waals surface area contributed by atoms with Gasteiger partial charge in [-0.15, -0.1) is 0 Å². The largest absolute Gasteiger partial charge is 0.352 e. The maximum atomic E-state index is 11.6. The summed E-state index contributed by atoms with van der Waals surface area (Å²) in [5.41, 5.74) is 22.3. The average molecular weight is 949 g/mol. The molecule has 3 atom stereocenters. The molecule has 3 unspecified atom stereocenters. The highest BCUT2D eigenvalue weighted by Gasteiger charge is 2.41. The minimum atomic E-state index is -0.429. The number of hydrogen-bond donors (Lipinski definition) is 2. The summed E-state index contributed by atoms with van der Waals surface area (Å²) in [7, 11) is 0. The summed E-state index contributed by atoms with van der Waals surface area (Å²) in [6.07, 6.45) is 2.15. The van der Waals surface area contributed by atoms with E-state index < -0.39 is 11.8 Å². The van der Waals surface area contributed by atoms with Gasteiger partial charge in [-0.25, -0.2) is 9.97 Å². The van der Waals surface area contributed by atoms with E-state index in [0.717, 1.165) is 120 Å². The third kappa shape index (κ3) is 7.73. The summed E-state index contributed by atoms with van der Waals surface area (Å²) >= 11 is 0. The van der Waals surface area contributed by atoms with Gasteiger partial charge in [-0.2, -0.15) is 10.5 Å². The molecule has 0 spiro atoms. The van der Waals surface area contributed by atoms with Gasteiger partial charge < -0.3 is 10.6 Å². The van der Waals surface area contributed by atoms with Crippen LogP contribution in [0.25, 0.3) is 56.4 Å². The highest BCUT2D eigenvalue weighted by Crippen LogP contribution is 2.54. The smallest absolute Gasteiger partial charge is 0.0979 e. The van der Waals surface area contributed by atoms with Crippen molar-refractivity contribution in [2.75, 3.05) is 0 Å². The summed E-state index contributed by atoms with van der Waals surface area (Å²) in [5.74, 6) is -0.843. The first-order valence-corrected chi connectivity index (χ1v) is 25.4. The van der Waals surface area contributed by atoms with E-state index in [9.17, 15) is 10.5 Å². The Labute approximate surface area is 431 Å². The molecule has 4 aliphatic rings. The van der Waals surface area contributed by atoms with Crippen LogP contribution in [0.15, 0.2) is 247 Å². The molecule has 0 saturated heterocycles. The maximum absolute atomic E-state index is 11.6. The van der Waals surface area contributed by atoms with Crippen molar-refractivity contribution in [2.24, 2.45) is 0 Å². The van der Waals surface area contributed by atoms with E-state index >= 15 is 0 Å². The lowest BCUT2D eigenvalue weighted by Crippen LogP contribution is -2.30. The summed E-state index contributed by atoms with van der Waals surface area (Å²) in [6, 6.07) is 83.3. The number of fused-ring (bicyclic) bond motifs is 4. The van der Waals surface area contributed by atoms with Crippen LogP contribution < -0.4 is 10.6 Å². The molecular weight excluding hydrogens is 901 g/mol. The normalized spacial score (nSPS) is 17.7. The minimum Gasteiger partial charge on any atom is -0.352 e. The topological polar surface area (TPSA) is 97.4 Å². The van der Waals surface area contributed by atoms with E-state index in [1.54, 1.807) is 0 Å². The fourth-order valence-corrected chi connectivity index (χ4v) is 11.9. The predicted octanol–water partition coefficient (Wildman–Crippen LogP) is 15.0. The van der Waals surface area contributed by atoms with Crippen LogP contribution in [-0.4, -0.2) is 9.97 Å². The number of hydrogen-bond acceptors (Lipinski definition) is 6. The van der Waals surface area contributed by atoms with Crippen LogP contribution in [0.3, 0.4) is 0 Å². The van der Waals surface area contributed by atoms with Crippen LogP contribution in [0.5, 0.6) is 0 Å². The van der Waals surface area contributed by atoms with E-state index in [4.69, 9.17) is 9.97 Å². The third-order valence-electron chi connectivity index (χ3n) is 15.3. The molecule has 2 aliphatic heterocycles. The summed E-state index contributed by atoms with van der Waals surface area (Å²) < 4.78 is 0. The van der Waals surface area contributed by atoms with E-state index in [2.05, 4.69) is 199 Å². The average Bonchev–Trinajstić information content (AvgIpc) is 3.53. The Kier molecular flexibility index (Phi) is 11.3. The number of rotatable bonds is 8. The quantitative estimate of drug-likeness (QED) is 0.157. The number of pyridine rings is 2.